The average molecular weight is 275 g/mol. The molecule has 0 amide bonds. The smallest absolute Gasteiger partial charge is 0.256 e. The van der Waals surface area contributed by atoms with Gasteiger partial charge in [0.2, 0.25) is 5.82 Å². The highest BCUT2D eigenvalue weighted by Gasteiger charge is 2.30. The van der Waals surface area contributed by atoms with Crippen molar-refractivity contribution in [2.24, 2.45) is 5.73 Å². The average Bonchev–Trinajstić information content (AvgIpc) is 3.15. The van der Waals surface area contributed by atoms with Gasteiger partial charge in [-0.3, -0.25) is 0 Å². The van der Waals surface area contributed by atoms with Gasteiger partial charge in [0.05, 0.1) is 18.8 Å². The first-order valence-electron chi connectivity index (χ1n) is 6.64. The number of hydrogen-bond acceptors (Lipinski definition) is 6. The molecule has 1 aromatic carbocycles. The molecule has 1 aliphatic rings. The third-order valence-electron chi connectivity index (χ3n) is 3.44. The molecule has 2 aromatic rings. The summed E-state index contributed by atoms with van der Waals surface area (Å²) in [7, 11) is 1.62. The van der Waals surface area contributed by atoms with Crippen LogP contribution < -0.4 is 10.5 Å². The summed E-state index contributed by atoms with van der Waals surface area (Å²) in [6, 6.07) is 7.56. The zero-order valence-corrected chi connectivity index (χ0v) is 11.3. The molecule has 2 atom stereocenters. The van der Waals surface area contributed by atoms with Crippen LogP contribution in [-0.2, 0) is 4.74 Å². The van der Waals surface area contributed by atoms with E-state index < -0.39 is 0 Å². The topological polar surface area (TPSA) is 83.4 Å². The van der Waals surface area contributed by atoms with Gasteiger partial charge in [-0.05, 0) is 25.0 Å². The van der Waals surface area contributed by atoms with Gasteiger partial charge in [0.1, 0.15) is 11.9 Å². The van der Waals surface area contributed by atoms with Crippen molar-refractivity contribution in [2.75, 3.05) is 13.7 Å². The number of methoxy groups -OCH3 is 1. The summed E-state index contributed by atoms with van der Waals surface area (Å²) in [5.74, 6) is 1.73. The van der Waals surface area contributed by atoms with E-state index >= 15 is 0 Å². The van der Waals surface area contributed by atoms with Gasteiger partial charge in [-0.15, -0.1) is 0 Å². The van der Waals surface area contributed by atoms with Gasteiger partial charge in [0.25, 0.3) is 5.89 Å². The summed E-state index contributed by atoms with van der Waals surface area (Å²) >= 11 is 0. The molecule has 2 heterocycles. The van der Waals surface area contributed by atoms with Gasteiger partial charge in [-0.25, -0.2) is 0 Å². The second kappa shape index (κ2) is 5.60. The molecule has 0 bridgehead atoms. The Labute approximate surface area is 116 Å². The summed E-state index contributed by atoms with van der Waals surface area (Å²) in [4.78, 5) is 4.42. The normalized spacial score (nSPS) is 22.1. The fourth-order valence-electron chi connectivity index (χ4n) is 2.37. The van der Waals surface area contributed by atoms with Crippen molar-refractivity contribution in [3.05, 3.63) is 30.2 Å². The standard InChI is InChI=1S/C14H17N3O3/c1-18-11-5-3-2-4-10(11)13-16-14(20-17-13)12-7-6-9(8-15)19-12/h2-5,9,12H,6-8,15H2,1H3. The highest BCUT2D eigenvalue weighted by molar-refractivity contribution is 5.63. The maximum absolute atomic E-state index is 5.75. The lowest BCUT2D eigenvalue weighted by Crippen LogP contribution is -2.18. The fourth-order valence-corrected chi connectivity index (χ4v) is 2.37. The van der Waals surface area contributed by atoms with E-state index in [1.54, 1.807) is 7.11 Å². The Balaban J connectivity index is 1.83. The zero-order chi connectivity index (χ0) is 13.9. The van der Waals surface area contributed by atoms with Gasteiger partial charge in [0, 0.05) is 6.54 Å². The third-order valence-corrected chi connectivity index (χ3v) is 3.44. The molecule has 1 aliphatic heterocycles. The van der Waals surface area contributed by atoms with Crippen LogP contribution in [-0.4, -0.2) is 29.9 Å². The minimum Gasteiger partial charge on any atom is -0.496 e. The summed E-state index contributed by atoms with van der Waals surface area (Å²) in [6.07, 6.45) is 1.71. The van der Waals surface area contributed by atoms with E-state index in [0.717, 1.165) is 18.4 Å². The van der Waals surface area contributed by atoms with E-state index in [0.29, 0.717) is 24.0 Å². The molecule has 6 nitrogen and oxygen atoms in total. The molecule has 0 saturated carbocycles. The molecule has 6 heteroatoms. The van der Waals surface area contributed by atoms with Crippen molar-refractivity contribution in [2.45, 2.75) is 25.0 Å². The first-order chi connectivity index (χ1) is 9.81. The molecule has 3 rings (SSSR count). The maximum Gasteiger partial charge on any atom is 0.256 e. The summed E-state index contributed by atoms with van der Waals surface area (Å²) in [5.41, 5.74) is 6.40. The van der Waals surface area contributed by atoms with Crippen LogP contribution in [0.1, 0.15) is 24.8 Å². The van der Waals surface area contributed by atoms with E-state index in [9.17, 15) is 0 Å². The van der Waals surface area contributed by atoms with Crippen LogP contribution in [0.2, 0.25) is 0 Å². The Morgan fingerprint density at radius 1 is 1.35 bits per heavy atom. The highest BCUT2D eigenvalue weighted by Crippen LogP contribution is 2.33. The predicted octanol–water partition coefficient (Wildman–Crippen LogP) is 1.92. The van der Waals surface area contributed by atoms with E-state index in [2.05, 4.69) is 10.1 Å². The number of nitrogens with zero attached hydrogens (tertiary/aromatic N) is 2. The van der Waals surface area contributed by atoms with Crippen molar-refractivity contribution in [3.8, 4) is 17.1 Å². The van der Waals surface area contributed by atoms with Crippen LogP contribution in [0, 0.1) is 0 Å². The number of ether oxygens (including phenoxy) is 2. The Kier molecular flexibility index (Phi) is 3.66. The Bertz CT molecular complexity index is 585. The summed E-state index contributed by atoms with van der Waals surface area (Å²) in [5, 5.41) is 4.01. The van der Waals surface area contributed by atoms with Crippen LogP contribution in [0.3, 0.4) is 0 Å². The largest absolute Gasteiger partial charge is 0.496 e. The monoisotopic (exact) mass is 275 g/mol. The highest BCUT2D eigenvalue weighted by atomic mass is 16.5. The number of para-hydroxylation sites is 1. The van der Waals surface area contributed by atoms with Gasteiger partial charge < -0.3 is 19.7 Å². The van der Waals surface area contributed by atoms with Gasteiger partial charge in [-0.1, -0.05) is 17.3 Å². The lowest BCUT2D eigenvalue weighted by molar-refractivity contribution is 0.0307. The Hall–Kier alpha value is -1.92. The van der Waals surface area contributed by atoms with E-state index in [4.69, 9.17) is 19.7 Å². The first kappa shape index (κ1) is 13.1. The quantitative estimate of drug-likeness (QED) is 0.917. The molecule has 1 saturated heterocycles. The molecule has 2 N–H and O–H groups in total. The lowest BCUT2D eigenvalue weighted by atomic mass is 10.2. The molecule has 1 fully saturated rings. The first-order valence-corrected chi connectivity index (χ1v) is 6.64. The fraction of sp³-hybridized carbons (Fsp3) is 0.429. The van der Waals surface area contributed by atoms with Crippen molar-refractivity contribution in [1.29, 1.82) is 0 Å². The van der Waals surface area contributed by atoms with E-state index in [1.807, 2.05) is 24.3 Å². The van der Waals surface area contributed by atoms with Crippen molar-refractivity contribution in [3.63, 3.8) is 0 Å². The van der Waals surface area contributed by atoms with Crippen LogP contribution >= 0.6 is 0 Å². The van der Waals surface area contributed by atoms with Crippen LogP contribution in [0.25, 0.3) is 11.4 Å². The number of hydrogen-bond donors (Lipinski definition) is 1. The lowest BCUT2D eigenvalue weighted by Gasteiger charge is -2.07. The molecular formula is C14H17N3O3. The second-order valence-corrected chi connectivity index (χ2v) is 4.72. The Morgan fingerprint density at radius 3 is 2.95 bits per heavy atom. The van der Waals surface area contributed by atoms with E-state index in [1.165, 1.54) is 0 Å². The molecule has 0 aliphatic carbocycles. The zero-order valence-electron chi connectivity index (χ0n) is 11.3. The van der Waals surface area contributed by atoms with Gasteiger partial charge >= 0.3 is 0 Å². The Morgan fingerprint density at radius 2 is 2.20 bits per heavy atom. The second-order valence-electron chi connectivity index (χ2n) is 4.72. The van der Waals surface area contributed by atoms with Gasteiger partial charge in [0.15, 0.2) is 0 Å². The van der Waals surface area contributed by atoms with Crippen molar-refractivity contribution in [1.82, 2.24) is 10.1 Å². The van der Waals surface area contributed by atoms with Crippen LogP contribution in [0.4, 0.5) is 0 Å². The minimum atomic E-state index is -0.153. The molecule has 106 valence electrons. The maximum atomic E-state index is 5.75. The van der Waals surface area contributed by atoms with Crippen molar-refractivity contribution < 1.29 is 14.0 Å². The SMILES string of the molecule is COc1ccccc1-c1noc(C2CCC(CN)O2)n1. The molecule has 0 radical (unpaired) electrons. The predicted molar refractivity (Wildman–Crippen MR) is 72.2 cm³/mol. The van der Waals surface area contributed by atoms with Crippen LogP contribution in [0.5, 0.6) is 5.75 Å². The van der Waals surface area contributed by atoms with Crippen molar-refractivity contribution >= 4 is 0 Å². The summed E-state index contributed by atoms with van der Waals surface area (Å²) in [6.45, 7) is 0.518. The molecular weight excluding hydrogens is 258 g/mol. The molecule has 20 heavy (non-hydrogen) atoms. The molecule has 0 spiro atoms. The number of rotatable bonds is 4. The third kappa shape index (κ3) is 2.39. The number of nitrogens with two attached hydrogens (primary N) is 1. The minimum absolute atomic E-state index is 0.0848. The van der Waals surface area contributed by atoms with Crippen LogP contribution in [0.15, 0.2) is 28.8 Å². The number of benzene rings is 1. The van der Waals surface area contributed by atoms with Gasteiger partial charge in [-0.2, -0.15) is 4.98 Å². The van der Waals surface area contributed by atoms with E-state index in [-0.39, 0.29) is 12.2 Å². The number of aromatic nitrogens is 2. The molecule has 1 aromatic heterocycles. The summed E-state index contributed by atoms with van der Waals surface area (Å²) < 4.78 is 16.4. The molecule has 2 unspecified atom stereocenters.